The molecule has 9 nitrogen and oxygen atoms in total. The van der Waals surface area contributed by atoms with Crippen LogP contribution in [0.3, 0.4) is 0 Å². The molecule has 4 rings (SSSR count). The number of halogens is 1. The van der Waals surface area contributed by atoms with Gasteiger partial charge in [0.1, 0.15) is 17.1 Å². The van der Waals surface area contributed by atoms with Crippen LogP contribution in [-0.4, -0.2) is 32.1 Å². The lowest BCUT2D eigenvalue weighted by atomic mass is 10.2. The number of carbonyl (C=O) groups excluding carboxylic acids is 1. The molecule has 31 heavy (non-hydrogen) atoms. The van der Waals surface area contributed by atoms with Crippen LogP contribution in [0.25, 0.3) is 22.3 Å². The molecule has 3 heterocycles. The van der Waals surface area contributed by atoms with Crippen molar-refractivity contribution in [1.29, 1.82) is 0 Å². The van der Waals surface area contributed by atoms with Crippen molar-refractivity contribution < 1.29 is 9.53 Å². The van der Waals surface area contributed by atoms with Gasteiger partial charge in [-0.2, -0.15) is 0 Å². The lowest BCUT2D eigenvalue weighted by Gasteiger charge is -2.08. The molecule has 0 aliphatic heterocycles. The minimum Gasteiger partial charge on any atom is -0.495 e. The third-order valence-electron chi connectivity index (χ3n) is 4.71. The maximum Gasteiger partial charge on any atom is 0.332 e. The third kappa shape index (κ3) is 3.71. The summed E-state index contributed by atoms with van der Waals surface area (Å²) < 4.78 is 7.36. The van der Waals surface area contributed by atoms with Gasteiger partial charge in [0.15, 0.2) is 5.13 Å². The van der Waals surface area contributed by atoms with Crippen molar-refractivity contribution in [1.82, 2.24) is 19.1 Å². The van der Waals surface area contributed by atoms with E-state index in [2.05, 4.69) is 15.3 Å². The predicted molar refractivity (Wildman–Crippen MR) is 119 cm³/mol. The summed E-state index contributed by atoms with van der Waals surface area (Å²) in [6.45, 7) is 0. The van der Waals surface area contributed by atoms with E-state index in [0.717, 1.165) is 10.1 Å². The van der Waals surface area contributed by atoms with Gasteiger partial charge in [-0.05, 0) is 30.3 Å². The monoisotopic (exact) mass is 457 g/mol. The Balaban J connectivity index is 1.62. The zero-order valence-corrected chi connectivity index (χ0v) is 18.2. The number of pyridine rings is 1. The van der Waals surface area contributed by atoms with Gasteiger partial charge < -0.3 is 4.74 Å². The van der Waals surface area contributed by atoms with E-state index in [1.54, 1.807) is 17.5 Å². The molecule has 1 aromatic carbocycles. The van der Waals surface area contributed by atoms with E-state index in [1.165, 1.54) is 49.2 Å². The van der Waals surface area contributed by atoms with Gasteiger partial charge in [0.2, 0.25) is 0 Å². The number of hydrogen-bond donors (Lipinski definition) is 1. The van der Waals surface area contributed by atoms with Crippen molar-refractivity contribution in [2.24, 2.45) is 14.1 Å². The molecule has 0 bridgehead atoms. The minimum atomic E-state index is -0.523. The van der Waals surface area contributed by atoms with E-state index in [1.807, 2.05) is 6.07 Å². The Hall–Kier alpha value is -3.50. The second-order valence-corrected chi connectivity index (χ2v) is 7.88. The fourth-order valence-corrected chi connectivity index (χ4v) is 4.00. The van der Waals surface area contributed by atoms with Gasteiger partial charge in [-0.1, -0.05) is 11.6 Å². The molecular weight excluding hydrogens is 442 g/mol. The standard InChI is InChI=1S/C20H16ClN5O4S/c1-25-16-11(18(28)26(2)20(25)29)5-6-13(22-16)17(27)24-19-23-14(9-31-19)10-4-7-15(30-3)12(21)8-10/h4-9H,1-3H3,(H,23,24,27). The molecule has 1 N–H and O–H groups in total. The summed E-state index contributed by atoms with van der Waals surface area (Å²) in [6.07, 6.45) is 0. The molecule has 0 unspecified atom stereocenters. The Morgan fingerprint density at radius 2 is 1.90 bits per heavy atom. The van der Waals surface area contributed by atoms with Crippen LogP contribution in [0.5, 0.6) is 5.75 Å². The Bertz CT molecular complexity index is 1460. The zero-order chi connectivity index (χ0) is 22.3. The number of fused-ring (bicyclic) bond motifs is 1. The van der Waals surface area contributed by atoms with Crippen molar-refractivity contribution in [2.75, 3.05) is 12.4 Å². The summed E-state index contributed by atoms with van der Waals surface area (Å²) >= 11 is 7.41. The van der Waals surface area contributed by atoms with Gasteiger partial charge in [0.05, 0.1) is 23.2 Å². The van der Waals surface area contributed by atoms with Gasteiger partial charge in [0.25, 0.3) is 11.5 Å². The molecule has 0 saturated carbocycles. The summed E-state index contributed by atoms with van der Waals surface area (Å²) in [7, 11) is 4.42. The molecule has 0 spiro atoms. The quantitative estimate of drug-likeness (QED) is 0.504. The van der Waals surface area contributed by atoms with Crippen molar-refractivity contribution in [3.05, 3.63) is 67.3 Å². The normalized spacial score (nSPS) is 11.0. The molecule has 0 aliphatic carbocycles. The number of nitrogens with zero attached hydrogens (tertiary/aromatic N) is 4. The second-order valence-electron chi connectivity index (χ2n) is 6.61. The number of thiazole rings is 1. The first-order chi connectivity index (χ1) is 14.8. The Morgan fingerprint density at radius 3 is 2.61 bits per heavy atom. The molecular formula is C20H16ClN5O4S. The highest BCUT2D eigenvalue weighted by molar-refractivity contribution is 7.14. The van der Waals surface area contributed by atoms with Crippen LogP contribution in [-0.2, 0) is 14.1 Å². The van der Waals surface area contributed by atoms with Crippen LogP contribution in [0.15, 0.2) is 45.3 Å². The van der Waals surface area contributed by atoms with Crippen LogP contribution < -0.4 is 21.3 Å². The Morgan fingerprint density at radius 1 is 1.13 bits per heavy atom. The van der Waals surface area contributed by atoms with Crippen molar-refractivity contribution in [3.63, 3.8) is 0 Å². The number of aryl methyl sites for hydroxylation is 1. The van der Waals surface area contributed by atoms with Gasteiger partial charge in [-0.15, -0.1) is 11.3 Å². The number of amides is 1. The summed E-state index contributed by atoms with van der Waals surface area (Å²) in [5, 5.41) is 5.54. The smallest absolute Gasteiger partial charge is 0.332 e. The van der Waals surface area contributed by atoms with E-state index >= 15 is 0 Å². The third-order valence-corrected chi connectivity index (χ3v) is 5.76. The van der Waals surface area contributed by atoms with Crippen molar-refractivity contribution >= 4 is 45.0 Å². The highest BCUT2D eigenvalue weighted by Gasteiger charge is 2.16. The molecule has 4 aromatic rings. The van der Waals surface area contributed by atoms with Crippen molar-refractivity contribution in [3.8, 4) is 17.0 Å². The second kappa shape index (κ2) is 7.97. The molecule has 0 radical (unpaired) electrons. The Labute approximate surface area is 184 Å². The van der Waals surface area contributed by atoms with E-state index in [-0.39, 0.29) is 16.7 Å². The number of carbonyl (C=O) groups is 1. The Kier molecular flexibility index (Phi) is 5.34. The van der Waals surface area contributed by atoms with Gasteiger partial charge in [-0.3, -0.25) is 24.0 Å². The maximum absolute atomic E-state index is 12.7. The number of aromatic nitrogens is 4. The number of hydrogen-bond acceptors (Lipinski definition) is 7. The van der Waals surface area contributed by atoms with Crippen molar-refractivity contribution in [2.45, 2.75) is 0 Å². The average Bonchev–Trinajstić information content (AvgIpc) is 3.24. The molecule has 0 saturated heterocycles. The van der Waals surface area contributed by atoms with Gasteiger partial charge in [-0.25, -0.2) is 14.8 Å². The zero-order valence-electron chi connectivity index (χ0n) is 16.7. The first-order valence-electron chi connectivity index (χ1n) is 8.97. The van der Waals surface area contributed by atoms with E-state index in [4.69, 9.17) is 16.3 Å². The topological polar surface area (TPSA) is 108 Å². The highest BCUT2D eigenvalue weighted by atomic mass is 35.5. The molecule has 11 heteroatoms. The van der Waals surface area contributed by atoms with Crippen LogP contribution in [0.4, 0.5) is 5.13 Å². The number of rotatable bonds is 4. The molecule has 158 valence electrons. The summed E-state index contributed by atoms with van der Waals surface area (Å²) in [5.41, 5.74) is 0.610. The molecule has 3 aromatic heterocycles. The molecule has 0 aliphatic rings. The predicted octanol–water partition coefficient (Wildman–Crippen LogP) is 2.67. The largest absolute Gasteiger partial charge is 0.495 e. The number of ether oxygens (including phenoxy) is 1. The van der Waals surface area contributed by atoms with Crippen LogP contribution in [0.1, 0.15) is 10.5 Å². The summed E-state index contributed by atoms with van der Waals surface area (Å²) in [5.74, 6) is 0.0458. The highest BCUT2D eigenvalue weighted by Crippen LogP contribution is 2.31. The maximum atomic E-state index is 12.7. The fourth-order valence-electron chi connectivity index (χ4n) is 3.03. The molecule has 0 atom stereocenters. The number of nitrogens with one attached hydrogen (secondary N) is 1. The molecule has 0 fully saturated rings. The molecule has 1 amide bonds. The SMILES string of the molecule is COc1ccc(-c2csc(NC(=O)c3ccc4c(=O)n(C)c(=O)n(C)c4n3)n2)cc1Cl. The first-order valence-corrected chi connectivity index (χ1v) is 10.2. The van der Waals surface area contributed by atoms with E-state index in [0.29, 0.717) is 21.6 Å². The van der Waals surface area contributed by atoms with Crippen LogP contribution in [0.2, 0.25) is 5.02 Å². The lowest BCUT2D eigenvalue weighted by Crippen LogP contribution is -2.37. The summed E-state index contributed by atoms with van der Waals surface area (Å²) in [6, 6.07) is 8.19. The lowest BCUT2D eigenvalue weighted by molar-refractivity contribution is 0.102. The average molecular weight is 458 g/mol. The van der Waals surface area contributed by atoms with Crippen LogP contribution >= 0.6 is 22.9 Å². The minimum absolute atomic E-state index is 0.0556. The number of anilines is 1. The van der Waals surface area contributed by atoms with Crippen LogP contribution in [0, 0.1) is 0 Å². The van der Waals surface area contributed by atoms with E-state index in [9.17, 15) is 14.4 Å². The van der Waals surface area contributed by atoms with Gasteiger partial charge in [0, 0.05) is 25.0 Å². The number of benzene rings is 1. The van der Waals surface area contributed by atoms with Gasteiger partial charge >= 0.3 is 5.69 Å². The fraction of sp³-hybridized carbons (Fsp3) is 0.150. The first kappa shape index (κ1) is 20.8. The number of methoxy groups -OCH3 is 1. The van der Waals surface area contributed by atoms with E-state index < -0.39 is 17.2 Å². The summed E-state index contributed by atoms with van der Waals surface area (Å²) in [4.78, 5) is 45.7.